The zero-order chi connectivity index (χ0) is 14.7. The molecule has 1 aliphatic carbocycles. The average molecular weight is 309 g/mol. The van der Waals surface area contributed by atoms with Gasteiger partial charge in [0.15, 0.2) is 0 Å². The van der Waals surface area contributed by atoms with Gasteiger partial charge in [-0.25, -0.2) is 0 Å². The summed E-state index contributed by atoms with van der Waals surface area (Å²) < 4.78 is 5.82. The van der Waals surface area contributed by atoms with Crippen molar-refractivity contribution in [2.45, 2.75) is 51.3 Å². The van der Waals surface area contributed by atoms with Gasteiger partial charge in [-0.1, -0.05) is 11.6 Å². The van der Waals surface area contributed by atoms with Crippen LogP contribution < -0.4 is 10.2 Å². The van der Waals surface area contributed by atoms with Gasteiger partial charge in [-0.05, 0) is 56.4 Å². The SMILES string of the molecule is CCOC1CCCN(c2ccc(Cl)cc2CNC2CC2)C1. The fraction of sp³-hybridized carbons (Fsp3) is 0.647. The van der Waals surface area contributed by atoms with E-state index in [9.17, 15) is 0 Å². The molecule has 1 aliphatic heterocycles. The highest BCUT2D eigenvalue weighted by Crippen LogP contribution is 2.29. The van der Waals surface area contributed by atoms with Gasteiger partial charge in [0.25, 0.3) is 0 Å². The van der Waals surface area contributed by atoms with E-state index >= 15 is 0 Å². The number of halogens is 1. The molecule has 1 aromatic rings. The molecule has 0 amide bonds. The van der Waals surface area contributed by atoms with Gasteiger partial charge in [0, 0.05) is 43.0 Å². The Morgan fingerprint density at radius 3 is 2.95 bits per heavy atom. The summed E-state index contributed by atoms with van der Waals surface area (Å²) in [7, 11) is 0. The van der Waals surface area contributed by atoms with E-state index in [1.54, 1.807) is 0 Å². The Balaban J connectivity index is 1.72. The summed E-state index contributed by atoms with van der Waals surface area (Å²) in [5.41, 5.74) is 2.63. The average Bonchev–Trinajstić information content (AvgIpc) is 3.30. The van der Waals surface area contributed by atoms with Gasteiger partial charge < -0.3 is 15.0 Å². The Bertz CT molecular complexity index is 474. The molecule has 3 rings (SSSR count). The van der Waals surface area contributed by atoms with E-state index in [1.807, 2.05) is 6.07 Å². The Hall–Kier alpha value is -0.770. The molecule has 1 saturated carbocycles. The lowest BCUT2D eigenvalue weighted by atomic mass is 10.0. The fourth-order valence-electron chi connectivity index (χ4n) is 3.07. The van der Waals surface area contributed by atoms with Crippen LogP contribution in [0.25, 0.3) is 0 Å². The van der Waals surface area contributed by atoms with Crippen LogP contribution in [0.5, 0.6) is 0 Å². The van der Waals surface area contributed by atoms with E-state index in [0.717, 1.165) is 37.3 Å². The minimum absolute atomic E-state index is 0.365. The first-order chi connectivity index (χ1) is 10.3. The molecular weight excluding hydrogens is 284 g/mol. The van der Waals surface area contributed by atoms with E-state index in [4.69, 9.17) is 16.3 Å². The molecule has 0 spiro atoms. The van der Waals surface area contributed by atoms with E-state index in [2.05, 4.69) is 29.3 Å². The van der Waals surface area contributed by atoms with Crippen molar-refractivity contribution in [3.8, 4) is 0 Å². The predicted molar refractivity (Wildman–Crippen MR) is 88.2 cm³/mol. The first kappa shape index (κ1) is 15.1. The highest BCUT2D eigenvalue weighted by Gasteiger charge is 2.24. The Morgan fingerprint density at radius 1 is 1.33 bits per heavy atom. The predicted octanol–water partition coefficient (Wildman–Crippen LogP) is 3.60. The number of anilines is 1. The molecular formula is C17H25ClN2O. The third-order valence-corrected chi connectivity index (χ3v) is 4.56. The van der Waals surface area contributed by atoms with Gasteiger partial charge in [0.2, 0.25) is 0 Å². The number of rotatable bonds is 6. The summed E-state index contributed by atoms with van der Waals surface area (Å²) in [5.74, 6) is 0. The van der Waals surface area contributed by atoms with Gasteiger partial charge >= 0.3 is 0 Å². The molecule has 0 radical (unpaired) electrons. The Labute approximate surface area is 132 Å². The number of nitrogens with zero attached hydrogens (tertiary/aromatic N) is 1. The van der Waals surface area contributed by atoms with E-state index in [-0.39, 0.29) is 0 Å². The fourth-order valence-corrected chi connectivity index (χ4v) is 3.27. The number of piperidine rings is 1. The van der Waals surface area contributed by atoms with Gasteiger partial charge in [0.05, 0.1) is 6.10 Å². The van der Waals surface area contributed by atoms with Crippen molar-refractivity contribution >= 4 is 17.3 Å². The molecule has 1 saturated heterocycles. The van der Waals surface area contributed by atoms with Crippen molar-refractivity contribution in [3.05, 3.63) is 28.8 Å². The summed E-state index contributed by atoms with van der Waals surface area (Å²) in [6, 6.07) is 6.99. The third kappa shape index (κ3) is 4.12. The van der Waals surface area contributed by atoms with Crippen LogP contribution in [0.1, 0.15) is 38.2 Å². The number of hydrogen-bond acceptors (Lipinski definition) is 3. The van der Waals surface area contributed by atoms with E-state index in [0.29, 0.717) is 6.10 Å². The summed E-state index contributed by atoms with van der Waals surface area (Å²) in [5, 5.41) is 4.42. The van der Waals surface area contributed by atoms with Crippen LogP contribution >= 0.6 is 11.6 Å². The van der Waals surface area contributed by atoms with Crippen molar-refractivity contribution in [1.29, 1.82) is 0 Å². The second-order valence-corrected chi connectivity index (χ2v) is 6.53. The monoisotopic (exact) mass is 308 g/mol. The summed E-state index contributed by atoms with van der Waals surface area (Å²) in [6.07, 6.45) is 5.36. The number of nitrogens with one attached hydrogen (secondary N) is 1. The lowest BCUT2D eigenvalue weighted by Gasteiger charge is -2.35. The zero-order valence-corrected chi connectivity index (χ0v) is 13.5. The van der Waals surface area contributed by atoms with Gasteiger partial charge in [0.1, 0.15) is 0 Å². The molecule has 1 unspecified atom stereocenters. The van der Waals surface area contributed by atoms with Crippen LogP contribution in [-0.2, 0) is 11.3 Å². The number of benzene rings is 1. The molecule has 0 aromatic heterocycles. The normalized spacial score (nSPS) is 22.6. The second kappa shape index (κ2) is 6.99. The summed E-state index contributed by atoms with van der Waals surface area (Å²) in [6.45, 7) is 5.89. The molecule has 2 aliphatic rings. The quantitative estimate of drug-likeness (QED) is 0.869. The van der Waals surface area contributed by atoms with E-state index < -0.39 is 0 Å². The number of hydrogen-bond donors (Lipinski definition) is 1. The molecule has 1 N–H and O–H groups in total. The maximum absolute atomic E-state index is 6.19. The molecule has 1 heterocycles. The van der Waals surface area contributed by atoms with Crippen LogP contribution in [0, 0.1) is 0 Å². The van der Waals surface area contributed by atoms with Crippen LogP contribution in [0.2, 0.25) is 5.02 Å². The van der Waals surface area contributed by atoms with E-state index in [1.165, 1.54) is 36.9 Å². The number of ether oxygens (including phenoxy) is 1. The maximum atomic E-state index is 6.19. The molecule has 116 valence electrons. The van der Waals surface area contributed by atoms with Gasteiger partial charge in [-0.3, -0.25) is 0 Å². The summed E-state index contributed by atoms with van der Waals surface area (Å²) in [4.78, 5) is 2.46. The van der Waals surface area contributed by atoms with Crippen LogP contribution in [-0.4, -0.2) is 31.8 Å². The first-order valence-electron chi connectivity index (χ1n) is 8.14. The van der Waals surface area contributed by atoms with Crippen molar-refractivity contribution < 1.29 is 4.74 Å². The van der Waals surface area contributed by atoms with Crippen LogP contribution in [0.4, 0.5) is 5.69 Å². The Morgan fingerprint density at radius 2 is 2.19 bits per heavy atom. The van der Waals surface area contributed by atoms with Crippen molar-refractivity contribution in [2.24, 2.45) is 0 Å². The van der Waals surface area contributed by atoms with Crippen molar-refractivity contribution in [2.75, 3.05) is 24.6 Å². The molecule has 21 heavy (non-hydrogen) atoms. The standard InChI is InChI=1S/C17H25ClN2O/c1-2-21-16-4-3-9-20(12-16)17-8-5-14(18)10-13(17)11-19-15-6-7-15/h5,8,10,15-16,19H,2-4,6-7,9,11-12H2,1H3. The van der Waals surface area contributed by atoms with Crippen molar-refractivity contribution in [3.63, 3.8) is 0 Å². The molecule has 4 heteroatoms. The second-order valence-electron chi connectivity index (χ2n) is 6.09. The lowest BCUT2D eigenvalue weighted by Crippen LogP contribution is -2.40. The Kier molecular flexibility index (Phi) is 5.04. The summed E-state index contributed by atoms with van der Waals surface area (Å²) >= 11 is 6.19. The van der Waals surface area contributed by atoms with Gasteiger partial charge in [-0.15, -0.1) is 0 Å². The molecule has 3 nitrogen and oxygen atoms in total. The molecule has 0 bridgehead atoms. The zero-order valence-electron chi connectivity index (χ0n) is 12.8. The van der Waals surface area contributed by atoms with Crippen LogP contribution in [0.15, 0.2) is 18.2 Å². The third-order valence-electron chi connectivity index (χ3n) is 4.32. The largest absolute Gasteiger partial charge is 0.377 e. The highest BCUT2D eigenvalue weighted by atomic mass is 35.5. The maximum Gasteiger partial charge on any atom is 0.0750 e. The lowest BCUT2D eigenvalue weighted by molar-refractivity contribution is 0.0526. The minimum Gasteiger partial charge on any atom is -0.377 e. The topological polar surface area (TPSA) is 24.5 Å². The first-order valence-corrected chi connectivity index (χ1v) is 8.52. The molecule has 2 fully saturated rings. The smallest absolute Gasteiger partial charge is 0.0750 e. The van der Waals surface area contributed by atoms with Crippen molar-refractivity contribution in [1.82, 2.24) is 5.32 Å². The minimum atomic E-state index is 0.365. The molecule has 1 aromatic carbocycles. The highest BCUT2D eigenvalue weighted by molar-refractivity contribution is 6.30. The molecule has 1 atom stereocenters. The van der Waals surface area contributed by atoms with Crippen LogP contribution in [0.3, 0.4) is 0 Å². The van der Waals surface area contributed by atoms with Gasteiger partial charge in [-0.2, -0.15) is 0 Å².